The van der Waals surface area contributed by atoms with Crippen LogP contribution in [0.25, 0.3) is 33.4 Å². The highest BCUT2D eigenvalue weighted by Gasteiger charge is 2.24. The number of anilines is 1. The average molecular weight is 497 g/mol. The fraction of sp³-hybridized carbons (Fsp3) is 0.192. The first-order chi connectivity index (χ1) is 16.8. The van der Waals surface area contributed by atoms with Gasteiger partial charge in [-0.3, -0.25) is 9.52 Å². The molecule has 0 aliphatic heterocycles. The van der Waals surface area contributed by atoms with Crippen LogP contribution in [0.15, 0.2) is 71.1 Å². The molecule has 0 saturated carbocycles. The number of aliphatic hydroxyl groups excluding tert-OH is 1. The van der Waals surface area contributed by atoms with Crippen molar-refractivity contribution in [3.63, 3.8) is 0 Å². The fourth-order valence-corrected chi connectivity index (χ4v) is 5.05. The second kappa shape index (κ2) is 10.3. The van der Waals surface area contributed by atoms with Crippen LogP contribution in [0.5, 0.6) is 0 Å². The number of aliphatic hydroxyl groups is 1. The lowest BCUT2D eigenvalue weighted by molar-refractivity contribution is 0.0964. The first kappa shape index (κ1) is 24.4. The maximum Gasteiger partial charge on any atom is 0.255 e. The number of benzene rings is 3. The molecule has 182 valence electrons. The highest BCUT2D eigenvalue weighted by molar-refractivity contribution is 7.92. The molecule has 0 aliphatic carbocycles. The molecule has 7 nitrogen and oxygen atoms in total. The van der Waals surface area contributed by atoms with E-state index in [0.717, 1.165) is 5.56 Å². The molecule has 3 N–H and O–H groups in total. The topological polar surface area (TPSA) is 109 Å². The summed E-state index contributed by atoms with van der Waals surface area (Å²) in [6, 6.07) is 18.0. The van der Waals surface area contributed by atoms with Crippen molar-refractivity contribution in [1.29, 1.82) is 0 Å². The molecule has 0 aliphatic rings. The van der Waals surface area contributed by atoms with Gasteiger partial charge in [-0.15, -0.1) is 0 Å². The van der Waals surface area contributed by atoms with Crippen LogP contribution >= 0.6 is 0 Å². The lowest BCUT2D eigenvalue weighted by Gasteiger charge is -2.13. The number of halogens is 1. The molecule has 0 unspecified atom stereocenters. The minimum absolute atomic E-state index is 0.0857. The summed E-state index contributed by atoms with van der Waals surface area (Å²) in [5.74, 6) is -0.709. The minimum atomic E-state index is -3.71. The Balaban J connectivity index is 1.92. The van der Waals surface area contributed by atoms with E-state index in [2.05, 4.69) is 10.0 Å². The Morgan fingerprint density at radius 3 is 2.37 bits per heavy atom. The van der Waals surface area contributed by atoms with E-state index < -0.39 is 15.8 Å². The van der Waals surface area contributed by atoms with Gasteiger partial charge in [-0.25, -0.2) is 12.8 Å². The average Bonchev–Trinajstić information content (AvgIpc) is 3.22. The summed E-state index contributed by atoms with van der Waals surface area (Å²) < 4.78 is 47.7. The zero-order valence-corrected chi connectivity index (χ0v) is 19.9. The van der Waals surface area contributed by atoms with Crippen LogP contribution < -0.4 is 10.0 Å². The van der Waals surface area contributed by atoms with Gasteiger partial charge in [0, 0.05) is 36.2 Å². The van der Waals surface area contributed by atoms with Crippen LogP contribution in [0.3, 0.4) is 0 Å². The first-order valence-electron chi connectivity index (χ1n) is 11.1. The van der Waals surface area contributed by atoms with Crippen LogP contribution in [-0.2, 0) is 10.0 Å². The molecule has 0 fully saturated rings. The van der Waals surface area contributed by atoms with Crippen LogP contribution in [0, 0.1) is 5.82 Å². The standard InChI is InChI=1S/C26H25FN2O5S/c1-28-26(31)24-21-15-20(17-7-3-2-4-8-17)22(29-35(32,33)14-6-5-13-30)16-23(21)34-25(24)18-9-11-19(27)12-10-18/h2-4,7-12,15-16,29-30H,5-6,13-14H2,1H3,(H,28,31). The van der Waals surface area contributed by atoms with Gasteiger partial charge in [0.15, 0.2) is 0 Å². The first-order valence-corrected chi connectivity index (χ1v) is 12.7. The third-order valence-corrected chi connectivity index (χ3v) is 6.92. The lowest BCUT2D eigenvalue weighted by atomic mass is 9.99. The summed E-state index contributed by atoms with van der Waals surface area (Å²) in [5.41, 5.74) is 2.69. The van der Waals surface area contributed by atoms with Gasteiger partial charge in [-0.1, -0.05) is 30.3 Å². The van der Waals surface area contributed by atoms with E-state index in [4.69, 9.17) is 9.52 Å². The molecule has 4 aromatic rings. The maximum absolute atomic E-state index is 13.5. The number of carbonyl (C=O) groups is 1. The summed E-state index contributed by atoms with van der Waals surface area (Å²) in [7, 11) is -2.21. The SMILES string of the molecule is CNC(=O)c1c(-c2ccc(F)cc2)oc2cc(NS(=O)(=O)CCCCO)c(-c3ccccc3)cc12. The molecule has 35 heavy (non-hydrogen) atoms. The van der Waals surface area contributed by atoms with E-state index in [0.29, 0.717) is 40.6 Å². The molecule has 0 spiro atoms. The van der Waals surface area contributed by atoms with Crippen LogP contribution in [-0.4, -0.2) is 38.8 Å². The third-order valence-electron chi connectivity index (χ3n) is 5.56. The summed E-state index contributed by atoms with van der Waals surface area (Å²) in [6.45, 7) is -0.0857. The smallest absolute Gasteiger partial charge is 0.255 e. The van der Waals surface area contributed by atoms with Gasteiger partial charge >= 0.3 is 0 Å². The molecule has 9 heteroatoms. The Hall–Kier alpha value is -3.69. The number of rotatable bonds is 9. The number of hydrogen-bond donors (Lipinski definition) is 3. The van der Waals surface area contributed by atoms with Gasteiger partial charge in [0.1, 0.15) is 17.2 Å². The Morgan fingerprint density at radius 1 is 1.00 bits per heavy atom. The van der Waals surface area contributed by atoms with Crippen LogP contribution in [0.2, 0.25) is 0 Å². The number of furan rings is 1. The minimum Gasteiger partial charge on any atom is -0.455 e. The number of carbonyl (C=O) groups excluding carboxylic acids is 1. The summed E-state index contributed by atoms with van der Waals surface area (Å²) >= 11 is 0. The number of amides is 1. The van der Waals surface area contributed by atoms with Gasteiger partial charge in [-0.2, -0.15) is 0 Å². The van der Waals surface area contributed by atoms with E-state index in [-0.39, 0.29) is 29.6 Å². The van der Waals surface area contributed by atoms with Crippen molar-refractivity contribution in [3.8, 4) is 22.5 Å². The molecule has 0 radical (unpaired) electrons. The molecule has 1 amide bonds. The van der Waals surface area contributed by atoms with Crippen molar-refractivity contribution in [2.24, 2.45) is 0 Å². The van der Waals surface area contributed by atoms with E-state index >= 15 is 0 Å². The highest BCUT2D eigenvalue weighted by atomic mass is 32.2. The van der Waals surface area contributed by atoms with Gasteiger partial charge < -0.3 is 14.8 Å². The molecular formula is C26H25FN2O5S. The number of sulfonamides is 1. The summed E-state index contributed by atoms with van der Waals surface area (Å²) in [5, 5.41) is 12.1. The Bertz CT molecular complexity index is 1450. The van der Waals surface area contributed by atoms with Crippen molar-refractivity contribution in [2.45, 2.75) is 12.8 Å². The summed E-state index contributed by atoms with van der Waals surface area (Å²) in [4.78, 5) is 12.9. The van der Waals surface area contributed by atoms with Crippen molar-refractivity contribution < 1.29 is 27.1 Å². The van der Waals surface area contributed by atoms with Crippen LogP contribution in [0.1, 0.15) is 23.2 Å². The van der Waals surface area contributed by atoms with Crippen LogP contribution in [0.4, 0.5) is 10.1 Å². The van der Waals surface area contributed by atoms with E-state index in [1.165, 1.54) is 31.3 Å². The highest BCUT2D eigenvalue weighted by Crippen LogP contribution is 2.40. The van der Waals surface area contributed by atoms with Gasteiger partial charge in [0.05, 0.1) is 17.0 Å². The molecule has 0 atom stereocenters. The summed E-state index contributed by atoms with van der Waals surface area (Å²) in [6.07, 6.45) is 0.686. The van der Waals surface area contributed by atoms with Crippen molar-refractivity contribution >= 4 is 32.6 Å². The Labute approximate surface area is 202 Å². The zero-order chi connectivity index (χ0) is 25.0. The largest absolute Gasteiger partial charge is 0.455 e. The number of hydrogen-bond acceptors (Lipinski definition) is 5. The van der Waals surface area contributed by atoms with Gasteiger partial charge in [0.25, 0.3) is 5.91 Å². The van der Waals surface area contributed by atoms with Gasteiger partial charge in [0.2, 0.25) is 10.0 Å². The van der Waals surface area contributed by atoms with E-state index in [9.17, 15) is 17.6 Å². The predicted octanol–water partition coefficient (Wildman–Crippen LogP) is 4.78. The van der Waals surface area contributed by atoms with Crippen molar-refractivity contribution in [3.05, 3.63) is 78.1 Å². The monoisotopic (exact) mass is 496 g/mol. The molecule has 0 saturated heterocycles. The Morgan fingerprint density at radius 2 is 1.71 bits per heavy atom. The van der Waals surface area contributed by atoms with Crippen molar-refractivity contribution in [2.75, 3.05) is 24.1 Å². The third kappa shape index (κ3) is 5.36. The molecule has 4 rings (SSSR count). The molecule has 1 heterocycles. The number of unbranched alkanes of at least 4 members (excludes halogenated alkanes) is 1. The fourth-order valence-electron chi connectivity index (χ4n) is 3.86. The quantitative estimate of drug-likeness (QED) is 0.289. The predicted molar refractivity (Wildman–Crippen MR) is 134 cm³/mol. The molecule has 0 bridgehead atoms. The van der Waals surface area contributed by atoms with E-state index in [1.807, 2.05) is 30.3 Å². The molecular weight excluding hydrogens is 471 g/mol. The lowest BCUT2D eigenvalue weighted by Crippen LogP contribution is -2.18. The second-order valence-corrected chi connectivity index (χ2v) is 9.85. The second-order valence-electron chi connectivity index (χ2n) is 8.00. The zero-order valence-electron chi connectivity index (χ0n) is 19.0. The van der Waals surface area contributed by atoms with Crippen molar-refractivity contribution in [1.82, 2.24) is 5.32 Å². The van der Waals surface area contributed by atoms with Gasteiger partial charge in [-0.05, 0) is 48.7 Å². The normalized spacial score (nSPS) is 11.5. The van der Waals surface area contributed by atoms with E-state index in [1.54, 1.807) is 12.1 Å². The Kier molecular flexibility index (Phi) is 7.18. The number of fused-ring (bicyclic) bond motifs is 1. The number of nitrogens with one attached hydrogen (secondary N) is 2. The maximum atomic E-state index is 13.5. The molecule has 1 aromatic heterocycles. The molecule has 3 aromatic carbocycles.